The molecular weight excluding hydrogens is 262 g/mol. The number of hydrogen-bond donors (Lipinski definition) is 2. The number of carboxylic acid groups (broad SMARTS) is 1. The molecule has 3 unspecified atom stereocenters. The highest BCUT2D eigenvalue weighted by Crippen LogP contribution is 2.44. The van der Waals surface area contributed by atoms with Gasteiger partial charge in [-0.1, -0.05) is 18.5 Å². The first kappa shape index (κ1) is 12.8. The first-order valence-electron chi connectivity index (χ1n) is 6.61. The molecule has 1 fully saturated rings. The van der Waals surface area contributed by atoms with E-state index in [1.54, 1.807) is 0 Å². The van der Waals surface area contributed by atoms with Crippen molar-refractivity contribution in [3.05, 3.63) is 12.2 Å². The van der Waals surface area contributed by atoms with Crippen LogP contribution in [0.4, 0.5) is 0 Å². The minimum atomic E-state index is -0.801. The van der Waals surface area contributed by atoms with Gasteiger partial charge in [-0.2, -0.15) is 10.1 Å². The maximum atomic E-state index is 11.4. The van der Waals surface area contributed by atoms with Gasteiger partial charge in [0.1, 0.15) is 6.33 Å². The summed E-state index contributed by atoms with van der Waals surface area (Å²) in [5.74, 6) is 0.00921. The molecule has 2 aromatic heterocycles. The van der Waals surface area contributed by atoms with Gasteiger partial charge in [0.2, 0.25) is 11.7 Å². The van der Waals surface area contributed by atoms with Crippen molar-refractivity contribution in [1.82, 2.24) is 25.3 Å². The van der Waals surface area contributed by atoms with Gasteiger partial charge in [-0.3, -0.25) is 9.89 Å². The van der Waals surface area contributed by atoms with Gasteiger partial charge >= 0.3 is 5.97 Å². The minimum absolute atomic E-state index is 0.221. The third-order valence-corrected chi connectivity index (χ3v) is 3.94. The summed E-state index contributed by atoms with van der Waals surface area (Å²) in [6.07, 6.45) is 3.75. The Hall–Kier alpha value is -2.25. The molecule has 2 aromatic rings. The summed E-state index contributed by atoms with van der Waals surface area (Å²) in [6.45, 7) is 2.07. The summed E-state index contributed by atoms with van der Waals surface area (Å²) >= 11 is 0. The summed E-state index contributed by atoms with van der Waals surface area (Å²) < 4.78 is 5.23. The molecule has 3 atom stereocenters. The van der Waals surface area contributed by atoms with Crippen LogP contribution < -0.4 is 0 Å². The van der Waals surface area contributed by atoms with Crippen molar-refractivity contribution in [3.63, 3.8) is 0 Å². The number of aromatic nitrogens is 5. The summed E-state index contributed by atoms with van der Waals surface area (Å²) in [4.78, 5) is 19.6. The number of rotatable bonds is 4. The van der Waals surface area contributed by atoms with Gasteiger partial charge in [0.15, 0.2) is 5.82 Å². The van der Waals surface area contributed by atoms with Crippen LogP contribution >= 0.6 is 0 Å². The number of carbonyl (C=O) groups is 1. The van der Waals surface area contributed by atoms with Crippen LogP contribution in [-0.2, 0) is 4.79 Å². The molecule has 0 aliphatic heterocycles. The number of hydrogen-bond acceptors (Lipinski definition) is 6. The topological polar surface area (TPSA) is 118 Å². The molecule has 0 spiro atoms. The number of nitrogens with zero attached hydrogens (tertiary/aromatic N) is 4. The lowest BCUT2D eigenvalue weighted by atomic mass is 9.96. The van der Waals surface area contributed by atoms with Crippen molar-refractivity contribution in [2.75, 3.05) is 0 Å². The molecule has 20 heavy (non-hydrogen) atoms. The van der Waals surface area contributed by atoms with Crippen LogP contribution in [-0.4, -0.2) is 36.4 Å². The van der Waals surface area contributed by atoms with E-state index in [-0.39, 0.29) is 5.92 Å². The highest BCUT2D eigenvalue weighted by Gasteiger charge is 2.42. The standard InChI is InChI=1S/C12H15N5O3/c1-2-6-3-7(8(4-6)12(18)19)11-15-10(17-20-11)9-13-5-14-16-9/h5-8H,2-4H2,1H3,(H,18,19)(H,13,14,16). The fraction of sp³-hybridized carbons (Fsp3) is 0.583. The van der Waals surface area contributed by atoms with E-state index in [0.29, 0.717) is 29.9 Å². The lowest BCUT2D eigenvalue weighted by Crippen LogP contribution is -2.17. The van der Waals surface area contributed by atoms with E-state index in [1.165, 1.54) is 6.33 Å². The fourth-order valence-electron chi connectivity index (χ4n) is 2.82. The summed E-state index contributed by atoms with van der Waals surface area (Å²) in [7, 11) is 0. The molecule has 0 amide bonds. The first-order valence-corrected chi connectivity index (χ1v) is 6.61. The lowest BCUT2D eigenvalue weighted by molar-refractivity contribution is -0.142. The van der Waals surface area contributed by atoms with Crippen LogP contribution in [0.3, 0.4) is 0 Å². The zero-order valence-corrected chi connectivity index (χ0v) is 11.0. The lowest BCUT2D eigenvalue weighted by Gasteiger charge is -2.09. The smallest absolute Gasteiger partial charge is 0.307 e. The molecule has 8 heteroatoms. The zero-order chi connectivity index (χ0) is 14.1. The van der Waals surface area contributed by atoms with Crippen molar-refractivity contribution in [3.8, 4) is 11.6 Å². The van der Waals surface area contributed by atoms with Gasteiger partial charge < -0.3 is 9.63 Å². The average molecular weight is 277 g/mol. The summed E-state index contributed by atoms with van der Waals surface area (Å²) in [5.41, 5.74) is 0. The van der Waals surface area contributed by atoms with Crippen molar-refractivity contribution in [1.29, 1.82) is 0 Å². The SMILES string of the molecule is CCC1CC(C(=O)O)C(c2nc(-c3ncn[nH]3)no2)C1. The Balaban J connectivity index is 1.86. The fourth-order valence-corrected chi connectivity index (χ4v) is 2.82. The Morgan fingerprint density at radius 2 is 2.40 bits per heavy atom. The van der Waals surface area contributed by atoms with Gasteiger partial charge in [-0.25, -0.2) is 4.98 Å². The molecule has 0 bridgehead atoms. The van der Waals surface area contributed by atoms with E-state index in [4.69, 9.17) is 4.52 Å². The van der Waals surface area contributed by atoms with E-state index in [0.717, 1.165) is 12.8 Å². The predicted molar refractivity (Wildman–Crippen MR) is 66.6 cm³/mol. The second-order valence-corrected chi connectivity index (χ2v) is 5.09. The molecule has 0 aromatic carbocycles. The third-order valence-electron chi connectivity index (χ3n) is 3.94. The van der Waals surface area contributed by atoms with Gasteiger partial charge in [0, 0.05) is 0 Å². The van der Waals surface area contributed by atoms with Crippen molar-refractivity contribution in [2.24, 2.45) is 11.8 Å². The van der Waals surface area contributed by atoms with Gasteiger partial charge in [0.25, 0.3) is 0 Å². The Morgan fingerprint density at radius 3 is 3.05 bits per heavy atom. The van der Waals surface area contributed by atoms with E-state index in [2.05, 4.69) is 32.2 Å². The number of carboxylic acids is 1. The molecule has 1 aliphatic rings. The average Bonchev–Trinajstić information content (AvgIpc) is 3.17. The number of H-pyrrole nitrogens is 1. The molecule has 2 N–H and O–H groups in total. The monoisotopic (exact) mass is 277 g/mol. The maximum absolute atomic E-state index is 11.4. The van der Waals surface area contributed by atoms with E-state index >= 15 is 0 Å². The quantitative estimate of drug-likeness (QED) is 0.868. The van der Waals surface area contributed by atoms with Crippen LogP contribution in [0.5, 0.6) is 0 Å². The first-order chi connectivity index (χ1) is 9.69. The molecule has 106 valence electrons. The molecule has 2 heterocycles. The van der Waals surface area contributed by atoms with Crippen molar-refractivity contribution in [2.45, 2.75) is 32.1 Å². The Labute approximate surface area is 114 Å². The van der Waals surface area contributed by atoms with Crippen LogP contribution in [0.1, 0.15) is 38.0 Å². The highest BCUT2D eigenvalue weighted by atomic mass is 16.5. The van der Waals surface area contributed by atoms with Crippen molar-refractivity contribution < 1.29 is 14.4 Å². The molecule has 8 nitrogen and oxygen atoms in total. The van der Waals surface area contributed by atoms with E-state index < -0.39 is 11.9 Å². The second kappa shape index (κ2) is 5.03. The van der Waals surface area contributed by atoms with Crippen LogP contribution in [0, 0.1) is 11.8 Å². The van der Waals surface area contributed by atoms with E-state index in [9.17, 15) is 9.90 Å². The molecule has 3 rings (SSSR count). The molecule has 0 radical (unpaired) electrons. The number of nitrogens with one attached hydrogen (secondary N) is 1. The number of aromatic amines is 1. The largest absolute Gasteiger partial charge is 0.481 e. The molecular formula is C12H15N5O3. The predicted octanol–water partition coefficient (Wildman–Crippen LogP) is 1.46. The Morgan fingerprint density at radius 1 is 1.55 bits per heavy atom. The summed E-state index contributed by atoms with van der Waals surface area (Å²) in [6, 6.07) is 0. The molecule has 1 saturated carbocycles. The summed E-state index contributed by atoms with van der Waals surface area (Å²) in [5, 5.41) is 19.5. The molecule has 1 aliphatic carbocycles. The number of aliphatic carboxylic acids is 1. The van der Waals surface area contributed by atoms with Crippen LogP contribution in [0.2, 0.25) is 0 Å². The van der Waals surface area contributed by atoms with Gasteiger partial charge in [-0.15, -0.1) is 0 Å². The van der Waals surface area contributed by atoms with Crippen molar-refractivity contribution >= 4 is 5.97 Å². The maximum Gasteiger partial charge on any atom is 0.307 e. The van der Waals surface area contributed by atoms with E-state index in [1.807, 2.05) is 0 Å². The normalized spacial score (nSPS) is 25.9. The Bertz CT molecular complexity index is 594. The van der Waals surface area contributed by atoms with Gasteiger partial charge in [-0.05, 0) is 18.8 Å². The Kier molecular flexibility index (Phi) is 3.21. The second-order valence-electron chi connectivity index (χ2n) is 5.09. The van der Waals surface area contributed by atoms with Crippen LogP contribution in [0.25, 0.3) is 11.6 Å². The molecule has 0 saturated heterocycles. The third kappa shape index (κ3) is 2.17. The minimum Gasteiger partial charge on any atom is -0.481 e. The highest BCUT2D eigenvalue weighted by molar-refractivity contribution is 5.71. The zero-order valence-electron chi connectivity index (χ0n) is 11.0. The van der Waals surface area contributed by atoms with Crippen LogP contribution in [0.15, 0.2) is 10.9 Å². The van der Waals surface area contributed by atoms with Gasteiger partial charge in [0.05, 0.1) is 11.8 Å².